The Bertz CT molecular complexity index is 1470. The molecule has 0 atom stereocenters. The number of hydrogen-bond donors (Lipinski definition) is 2. The molecule has 0 fully saturated rings. The second-order valence-electron chi connectivity index (χ2n) is 7.93. The van der Waals surface area contributed by atoms with Crippen LogP contribution in [-0.2, 0) is 21.1 Å². The molecular weight excluding hydrogens is 614 g/mol. The van der Waals surface area contributed by atoms with Gasteiger partial charge in [0, 0.05) is 26.5 Å². The van der Waals surface area contributed by atoms with E-state index >= 15 is 0 Å². The molecule has 2 aliphatic rings. The number of phenolic OH excluding ortho intramolecular Hbond substituents is 2. The average molecular weight is 629 g/mol. The van der Waals surface area contributed by atoms with Crippen LogP contribution in [0.15, 0.2) is 79.1 Å². The summed E-state index contributed by atoms with van der Waals surface area (Å²) in [6.07, 6.45) is 3.52. The van der Waals surface area contributed by atoms with Crippen molar-refractivity contribution in [2.75, 3.05) is 0 Å². The molecule has 168 valence electrons. The molecule has 5 aromatic rings. The fourth-order valence-electron chi connectivity index (χ4n) is 4.49. The van der Waals surface area contributed by atoms with Crippen LogP contribution in [0.1, 0.15) is 0 Å². The number of fused-ring (bicyclic) bond motifs is 4. The Balaban J connectivity index is 0.00000217. The topological polar surface area (TPSA) is 94.6 Å². The molecule has 0 aliphatic carbocycles. The molecule has 10 heteroatoms. The normalized spacial score (nSPS) is 12.5. The van der Waals surface area contributed by atoms with Crippen LogP contribution in [0.4, 0.5) is 0 Å². The third kappa shape index (κ3) is 2.90. The van der Waals surface area contributed by atoms with Crippen LogP contribution in [0, 0.1) is 0 Å². The predicted octanol–water partition coefficient (Wildman–Crippen LogP) is 2.19. The van der Waals surface area contributed by atoms with Gasteiger partial charge in [-0.2, -0.15) is 10.2 Å². The molecule has 0 bridgehead atoms. The van der Waals surface area contributed by atoms with Crippen molar-refractivity contribution in [3.63, 3.8) is 0 Å². The molecule has 0 spiro atoms. The van der Waals surface area contributed by atoms with E-state index in [4.69, 9.17) is 19.7 Å². The number of rotatable bonds is 2. The van der Waals surface area contributed by atoms with Gasteiger partial charge in [-0.3, -0.25) is 0 Å². The molecular formula is C24H15BN4O4Pt. The zero-order chi connectivity index (χ0) is 22.1. The van der Waals surface area contributed by atoms with Crippen molar-refractivity contribution in [3.05, 3.63) is 79.1 Å². The van der Waals surface area contributed by atoms with Crippen molar-refractivity contribution in [1.82, 2.24) is 19.6 Å². The number of benzene rings is 3. The van der Waals surface area contributed by atoms with E-state index in [-0.39, 0.29) is 39.3 Å². The number of aromatic nitrogens is 4. The Morgan fingerprint density at radius 1 is 0.618 bits per heavy atom. The first-order valence-electron chi connectivity index (χ1n) is 10.4. The third-order valence-electron chi connectivity index (χ3n) is 5.97. The predicted molar refractivity (Wildman–Crippen MR) is 122 cm³/mol. The summed E-state index contributed by atoms with van der Waals surface area (Å²) in [5.74, 6) is 2.74. The van der Waals surface area contributed by atoms with Crippen molar-refractivity contribution in [2.24, 2.45) is 0 Å². The molecule has 8 nitrogen and oxygen atoms in total. The quantitative estimate of drug-likeness (QED) is 0.285. The van der Waals surface area contributed by atoms with Gasteiger partial charge in [-0.05, 0) is 36.4 Å². The second kappa shape index (κ2) is 7.53. The largest absolute Gasteiger partial charge is 0.506 e. The van der Waals surface area contributed by atoms with Gasteiger partial charge in [0.1, 0.15) is 34.4 Å². The van der Waals surface area contributed by atoms with Gasteiger partial charge in [-0.25, -0.2) is 9.36 Å². The molecule has 7 rings (SSSR count). The maximum absolute atomic E-state index is 10.3. The summed E-state index contributed by atoms with van der Waals surface area (Å²) in [6.45, 7) is -0.331. The summed E-state index contributed by atoms with van der Waals surface area (Å²) >= 11 is 0. The number of hydrogen-bond acceptors (Lipinski definition) is 6. The fourth-order valence-corrected chi connectivity index (χ4v) is 4.49. The molecule has 2 aromatic heterocycles. The van der Waals surface area contributed by atoms with Crippen molar-refractivity contribution in [1.29, 1.82) is 0 Å². The van der Waals surface area contributed by atoms with Crippen LogP contribution in [0.2, 0.25) is 0 Å². The van der Waals surface area contributed by atoms with Gasteiger partial charge in [0.15, 0.2) is 11.5 Å². The smallest absolute Gasteiger partial charge is 0.312 e. The summed E-state index contributed by atoms with van der Waals surface area (Å²) in [7, 11) is 0. The van der Waals surface area contributed by atoms with E-state index in [9.17, 15) is 10.2 Å². The van der Waals surface area contributed by atoms with Gasteiger partial charge in [0.05, 0.1) is 23.6 Å². The van der Waals surface area contributed by atoms with Gasteiger partial charge in [0.25, 0.3) is 0 Å². The molecule has 0 saturated carbocycles. The molecule has 0 unspecified atom stereocenters. The molecule has 3 aromatic carbocycles. The summed E-state index contributed by atoms with van der Waals surface area (Å²) < 4.78 is 15.6. The van der Waals surface area contributed by atoms with E-state index in [1.807, 2.05) is 30.3 Å². The molecule has 0 amide bonds. The van der Waals surface area contributed by atoms with E-state index in [1.165, 1.54) is 0 Å². The monoisotopic (exact) mass is 629 g/mol. The van der Waals surface area contributed by atoms with Crippen molar-refractivity contribution >= 4 is 23.4 Å². The third-order valence-corrected chi connectivity index (χ3v) is 5.97. The average Bonchev–Trinajstić information content (AvgIpc) is 3.43. The Morgan fingerprint density at radius 3 is 1.56 bits per heavy atom. The Morgan fingerprint density at radius 2 is 1.09 bits per heavy atom. The minimum absolute atomic E-state index is 0. The van der Waals surface area contributed by atoms with Gasteiger partial charge >= 0.3 is 6.71 Å². The molecule has 0 radical (unpaired) electrons. The Kier molecular flexibility index (Phi) is 4.57. The van der Waals surface area contributed by atoms with Crippen LogP contribution >= 0.6 is 0 Å². The minimum Gasteiger partial charge on any atom is -0.506 e. The van der Waals surface area contributed by atoms with E-state index < -0.39 is 0 Å². The van der Waals surface area contributed by atoms with Gasteiger partial charge in [-0.1, -0.05) is 30.3 Å². The number of para-hydroxylation sites is 4. The number of phenols is 2. The van der Waals surface area contributed by atoms with Crippen molar-refractivity contribution < 1.29 is 40.8 Å². The van der Waals surface area contributed by atoms with E-state index in [1.54, 1.807) is 58.2 Å². The van der Waals surface area contributed by atoms with Gasteiger partial charge < -0.3 is 19.7 Å². The first-order chi connectivity index (χ1) is 16.2. The first-order valence-corrected chi connectivity index (χ1v) is 10.4. The first kappa shape index (κ1) is 20.6. The summed E-state index contributed by atoms with van der Waals surface area (Å²) in [5, 5.41) is 30.2. The Labute approximate surface area is 208 Å². The van der Waals surface area contributed by atoms with Gasteiger partial charge in [-0.15, -0.1) is 0 Å². The minimum atomic E-state index is -0.331. The molecule has 0 saturated heterocycles. The number of ether oxygens (including phenoxy) is 2. The van der Waals surface area contributed by atoms with Crippen LogP contribution in [-0.4, -0.2) is 36.5 Å². The summed E-state index contributed by atoms with van der Waals surface area (Å²) in [4.78, 5) is 0. The fraction of sp³-hybridized carbons (Fsp3) is 0. The molecule has 4 heterocycles. The van der Waals surface area contributed by atoms with Crippen LogP contribution in [0.3, 0.4) is 0 Å². The van der Waals surface area contributed by atoms with Gasteiger partial charge in [0.2, 0.25) is 0 Å². The molecule has 2 N–H and O–H groups in total. The van der Waals surface area contributed by atoms with E-state index in [0.29, 0.717) is 45.6 Å². The summed E-state index contributed by atoms with van der Waals surface area (Å²) in [5.41, 5.74) is 3.29. The maximum atomic E-state index is 10.3. The summed E-state index contributed by atoms with van der Waals surface area (Å²) in [6, 6.07) is 19.7. The zero-order valence-electron chi connectivity index (χ0n) is 17.4. The molecule has 2 aliphatic heterocycles. The maximum Gasteiger partial charge on any atom is 0.312 e. The Hall–Kier alpha value is -3.97. The molecule has 34 heavy (non-hydrogen) atoms. The van der Waals surface area contributed by atoms with Crippen LogP contribution in [0.5, 0.6) is 34.5 Å². The van der Waals surface area contributed by atoms with Crippen LogP contribution in [0.25, 0.3) is 11.4 Å². The van der Waals surface area contributed by atoms with E-state index in [2.05, 4.69) is 0 Å². The van der Waals surface area contributed by atoms with Crippen molar-refractivity contribution in [2.45, 2.75) is 0 Å². The SMILES string of the molecule is Oc1ccccc1-n1cc2c(n1)B1c3nn(-c4ccccc4O)cc3Oc3cccc(c31)O2.[Pt]. The standard InChI is InChI=1S/C24H15BN4O4.Pt/c30-16-8-3-1-6-14(16)28-12-20-23(26-28)25-22-18(32-20)10-5-11-19(22)33-21-13-29(27-24(21)25)15-7-2-4-9-17(15)31;/h1-13,30-31H;. The number of nitrogens with zero attached hydrogens (tertiary/aromatic N) is 4. The number of aromatic hydroxyl groups is 2. The second-order valence-corrected chi connectivity index (χ2v) is 7.93. The van der Waals surface area contributed by atoms with Crippen LogP contribution < -0.4 is 26.1 Å². The zero-order valence-corrected chi connectivity index (χ0v) is 19.7. The van der Waals surface area contributed by atoms with E-state index in [0.717, 1.165) is 5.46 Å². The van der Waals surface area contributed by atoms with Crippen molar-refractivity contribution in [3.8, 4) is 45.9 Å².